The van der Waals surface area contributed by atoms with E-state index in [-0.39, 0.29) is 0 Å². The molecule has 0 unspecified atom stereocenters. The summed E-state index contributed by atoms with van der Waals surface area (Å²) in [7, 11) is 1.60. The second kappa shape index (κ2) is 7.70. The lowest BCUT2D eigenvalue weighted by molar-refractivity contribution is 0.283. The standard InChI is InChI=1S/C19H16ClNO3/c1-22-18-11-15(24-16-9-10-21-19(20)12-16)7-8-17(18)23-13-14-5-3-2-4-6-14/h2-12H,13H2,1H3. The molecule has 0 radical (unpaired) electrons. The maximum absolute atomic E-state index is 5.86. The van der Waals surface area contributed by atoms with Crippen LogP contribution in [0.3, 0.4) is 0 Å². The summed E-state index contributed by atoms with van der Waals surface area (Å²) in [4.78, 5) is 3.92. The van der Waals surface area contributed by atoms with Crippen LogP contribution in [0, 0.1) is 0 Å². The average Bonchev–Trinajstić information content (AvgIpc) is 2.61. The Morgan fingerprint density at radius 1 is 0.917 bits per heavy atom. The lowest BCUT2D eigenvalue weighted by atomic mass is 10.2. The van der Waals surface area contributed by atoms with E-state index < -0.39 is 0 Å². The van der Waals surface area contributed by atoms with E-state index in [4.69, 9.17) is 25.8 Å². The van der Waals surface area contributed by atoms with Crippen LogP contribution in [-0.2, 0) is 6.61 Å². The maximum Gasteiger partial charge on any atom is 0.164 e. The molecule has 122 valence electrons. The molecule has 0 saturated heterocycles. The molecule has 0 atom stereocenters. The van der Waals surface area contributed by atoms with Crippen LogP contribution in [0.4, 0.5) is 0 Å². The molecule has 24 heavy (non-hydrogen) atoms. The fraction of sp³-hybridized carbons (Fsp3) is 0.105. The molecule has 0 fully saturated rings. The quantitative estimate of drug-likeness (QED) is 0.584. The van der Waals surface area contributed by atoms with E-state index in [9.17, 15) is 0 Å². The van der Waals surface area contributed by atoms with Crippen LogP contribution in [0.5, 0.6) is 23.0 Å². The average molecular weight is 342 g/mol. The predicted molar refractivity (Wildman–Crippen MR) is 93.1 cm³/mol. The van der Waals surface area contributed by atoms with Gasteiger partial charge in [-0.15, -0.1) is 0 Å². The molecule has 0 aliphatic rings. The Hall–Kier alpha value is -2.72. The topological polar surface area (TPSA) is 40.6 Å². The molecular formula is C19H16ClNO3. The number of methoxy groups -OCH3 is 1. The SMILES string of the molecule is COc1cc(Oc2ccnc(Cl)c2)ccc1OCc1ccccc1. The Labute approximate surface area is 145 Å². The third-order valence-electron chi connectivity index (χ3n) is 3.31. The molecule has 0 N–H and O–H groups in total. The molecule has 3 rings (SSSR count). The van der Waals surface area contributed by atoms with Gasteiger partial charge in [-0.25, -0.2) is 4.98 Å². The van der Waals surface area contributed by atoms with Crippen LogP contribution in [0.15, 0.2) is 66.9 Å². The Morgan fingerprint density at radius 3 is 2.46 bits per heavy atom. The summed E-state index contributed by atoms with van der Waals surface area (Å²) >= 11 is 5.86. The normalized spacial score (nSPS) is 10.2. The van der Waals surface area contributed by atoms with Crippen LogP contribution >= 0.6 is 11.6 Å². The van der Waals surface area contributed by atoms with E-state index in [1.54, 1.807) is 31.5 Å². The van der Waals surface area contributed by atoms with Gasteiger partial charge in [0.25, 0.3) is 0 Å². The van der Waals surface area contributed by atoms with Gasteiger partial charge in [0.2, 0.25) is 0 Å². The van der Waals surface area contributed by atoms with Gasteiger partial charge in [-0.3, -0.25) is 0 Å². The Morgan fingerprint density at radius 2 is 1.71 bits per heavy atom. The summed E-state index contributed by atoms with van der Waals surface area (Å²) in [6.45, 7) is 0.470. The van der Waals surface area contributed by atoms with Crippen molar-refractivity contribution < 1.29 is 14.2 Å². The second-order valence-electron chi connectivity index (χ2n) is 5.00. The molecule has 2 aromatic carbocycles. The number of rotatable bonds is 6. The van der Waals surface area contributed by atoms with Crippen molar-refractivity contribution in [3.8, 4) is 23.0 Å². The van der Waals surface area contributed by atoms with Crippen molar-refractivity contribution in [2.24, 2.45) is 0 Å². The zero-order chi connectivity index (χ0) is 16.8. The monoisotopic (exact) mass is 341 g/mol. The molecule has 3 aromatic rings. The highest BCUT2D eigenvalue weighted by Gasteiger charge is 2.08. The van der Waals surface area contributed by atoms with Crippen LogP contribution in [0.2, 0.25) is 5.15 Å². The number of hydrogen-bond acceptors (Lipinski definition) is 4. The molecule has 0 amide bonds. The molecule has 0 aliphatic carbocycles. The van der Waals surface area contributed by atoms with Crippen LogP contribution < -0.4 is 14.2 Å². The first-order valence-electron chi connectivity index (χ1n) is 7.39. The molecule has 1 heterocycles. The molecule has 4 nitrogen and oxygen atoms in total. The van der Waals surface area contributed by atoms with E-state index in [0.717, 1.165) is 5.56 Å². The summed E-state index contributed by atoms with van der Waals surface area (Å²) in [5, 5.41) is 0.377. The van der Waals surface area contributed by atoms with E-state index in [1.165, 1.54) is 0 Å². The summed E-state index contributed by atoms with van der Waals surface area (Å²) in [5.41, 5.74) is 1.09. The number of ether oxygens (including phenoxy) is 3. The minimum absolute atomic E-state index is 0.377. The minimum Gasteiger partial charge on any atom is -0.493 e. The van der Waals surface area contributed by atoms with Gasteiger partial charge >= 0.3 is 0 Å². The molecular weight excluding hydrogens is 326 g/mol. The Kier molecular flexibility index (Phi) is 5.18. The van der Waals surface area contributed by atoms with Gasteiger partial charge in [-0.1, -0.05) is 41.9 Å². The van der Waals surface area contributed by atoms with Gasteiger partial charge in [0.15, 0.2) is 11.5 Å². The minimum atomic E-state index is 0.377. The van der Waals surface area contributed by atoms with Gasteiger partial charge in [0, 0.05) is 18.3 Å². The number of halogens is 1. The summed E-state index contributed by atoms with van der Waals surface area (Å²) < 4.78 is 17.0. The Bertz CT molecular complexity index is 809. The lowest BCUT2D eigenvalue weighted by Crippen LogP contribution is -1.98. The van der Waals surface area contributed by atoms with Crippen molar-refractivity contribution in [3.05, 3.63) is 77.6 Å². The van der Waals surface area contributed by atoms with Crippen molar-refractivity contribution in [2.45, 2.75) is 6.61 Å². The van der Waals surface area contributed by atoms with Crippen LogP contribution in [0.1, 0.15) is 5.56 Å². The van der Waals surface area contributed by atoms with E-state index in [2.05, 4.69) is 4.98 Å². The molecule has 1 aromatic heterocycles. The van der Waals surface area contributed by atoms with Crippen LogP contribution in [0.25, 0.3) is 0 Å². The molecule has 5 heteroatoms. The number of benzene rings is 2. The molecule has 0 aliphatic heterocycles. The first kappa shape index (κ1) is 16.1. The number of pyridine rings is 1. The maximum atomic E-state index is 5.86. The van der Waals surface area contributed by atoms with Gasteiger partial charge in [-0.05, 0) is 23.8 Å². The van der Waals surface area contributed by atoms with E-state index in [0.29, 0.717) is 34.8 Å². The fourth-order valence-corrected chi connectivity index (χ4v) is 2.31. The summed E-state index contributed by atoms with van der Waals surface area (Å²) in [5.74, 6) is 2.49. The van der Waals surface area contributed by atoms with Crippen LogP contribution in [-0.4, -0.2) is 12.1 Å². The van der Waals surface area contributed by atoms with Gasteiger partial charge < -0.3 is 14.2 Å². The van der Waals surface area contributed by atoms with E-state index >= 15 is 0 Å². The van der Waals surface area contributed by atoms with Gasteiger partial charge in [0.05, 0.1) is 7.11 Å². The van der Waals surface area contributed by atoms with Crippen molar-refractivity contribution in [1.29, 1.82) is 0 Å². The zero-order valence-electron chi connectivity index (χ0n) is 13.1. The number of hydrogen-bond donors (Lipinski definition) is 0. The van der Waals surface area contributed by atoms with Crippen molar-refractivity contribution in [1.82, 2.24) is 4.98 Å². The highest BCUT2D eigenvalue weighted by Crippen LogP contribution is 2.34. The zero-order valence-corrected chi connectivity index (χ0v) is 13.9. The smallest absolute Gasteiger partial charge is 0.164 e. The third kappa shape index (κ3) is 4.18. The second-order valence-corrected chi connectivity index (χ2v) is 5.39. The molecule has 0 spiro atoms. The summed E-state index contributed by atoms with van der Waals surface area (Å²) in [6, 6.07) is 18.7. The van der Waals surface area contributed by atoms with Gasteiger partial charge in [0.1, 0.15) is 23.3 Å². The fourth-order valence-electron chi connectivity index (χ4n) is 2.15. The van der Waals surface area contributed by atoms with Crippen molar-refractivity contribution in [2.75, 3.05) is 7.11 Å². The highest BCUT2D eigenvalue weighted by atomic mass is 35.5. The molecule has 0 bridgehead atoms. The largest absolute Gasteiger partial charge is 0.493 e. The molecule has 0 saturated carbocycles. The highest BCUT2D eigenvalue weighted by molar-refractivity contribution is 6.29. The first-order chi connectivity index (χ1) is 11.7. The predicted octanol–water partition coefficient (Wildman–Crippen LogP) is 5.11. The summed E-state index contributed by atoms with van der Waals surface area (Å²) in [6.07, 6.45) is 1.59. The lowest BCUT2D eigenvalue weighted by Gasteiger charge is -2.13. The van der Waals surface area contributed by atoms with Crippen molar-refractivity contribution in [3.63, 3.8) is 0 Å². The van der Waals surface area contributed by atoms with Crippen molar-refractivity contribution >= 4 is 11.6 Å². The first-order valence-corrected chi connectivity index (χ1v) is 7.76. The van der Waals surface area contributed by atoms with E-state index in [1.807, 2.05) is 42.5 Å². The number of nitrogens with zero attached hydrogens (tertiary/aromatic N) is 1. The number of aromatic nitrogens is 1. The van der Waals surface area contributed by atoms with Gasteiger partial charge in [-0.2, -0.15) is 0 Å². The third-order valence-corrected chi connectivity index (χ3v) is 3.51. The Balaban J connectivity index is 1.73.